The molecule has 0 aromatic heterocycles. The predicted molar refractivity (Wildman–Crippen MR) is 113 cm³/mol. The molecule has 2 aromatic carbocycles. The van der Waals surface area contributed by atoms with Crippen LogP contribution in [0.25, 0.3) is 10.8 Å². The molecule has 0 aliphatic heterocycles. The molecule has 0 spiro atoms. The number of hydrogen-bond acceptors (Lipinski definition) is 2. The number of fused-ring (bicyclic) bond motifs is 1. The summed E-state index contributed by atoms with van der Waals surface area (Å²) >= 11 is 5.83. The van der Waals surface area contributed by atoms with Gasteiger partial charge in [-0.05, 0) is 45.6 Å². The molecule has 0 aliphatic rings. The van der Waals surface area contributed by atoms with Crippen LogP contribution in [0.15, 0.2) is 47.6 Å². The third-order valence-electron chi connectivity index (χ3n) is 4.79. The lowest BCUT2D eigenvalue weighted by molar-refractivity contribution is 0.404. The van der Waals surface area contributed by atoms with E-state index in [0.717, 1.165) is 47.1 Å². The summed E-state index contributed by atoms with van der Waals surface area (Å²) in [5.41, 5.74) is 4.94. The zero-order valence-corrected chi connectivity index (χ0v) is 17.2. The van der Waals surface area contributed by atoms with E-state index in [4.69, 9.17) is 21.1 Å². The fourth-order valence-electron chi connectivity index (χ4n) is 3.27. The molecule has 0 bridgehead atoms. The van der Waals surface area contributed by atoms with Crippen LogP contribution in [0.3, 0.4) is 0 Å². The maximum Gasteiger partial charge on any atom is 0.130 e. The van der Waals surface area contributed by atoms with Crippen molar-refractivity contribution in [1.29, 1.82) is 0 Å². The average Bonchev–Trinajstić information content (AvgIpc) is 2.65. The summed E-state index contributed by atoms with van der Waals surface area (Å²) in [5, 5.41) is 2.19. The van der Waals surface area contributed by atoms with Gasteiger partial charge in [0.25, 0.3) is 0 Å². The lowest BCUT2D eigenvalue weighted by Gasteiger charge is -2.18. The summed E-state index contributed by atoms with van der Waals surface area (Å²) in [7, 11) is 3.48. The molecule has 2 aromatic rings. The molecule has 0 heterocycles. The Morgan fingerprint density at radius 3 is 2.15 bits per heavy atom. The molecule has 2 nitrogen and oxygen atoms in total. The molecular formula is C23H29ClO2. The molecule has 26 heavy (non-hydrogen) atoms. The smallest absolute Gasteiger partial charge is 0.130 e. The van der Waals surface area contributed by atoms with E-state index in [0.29, 0.717) is 5.88 Å². The molecule has 0 saturated carbocycles. The molecule has 0 fully saturated rings. The zero-order valence-electron chi connectivity index (χ0n) is 16.5. The monoisotopic (exact) mass is 372 g/mol. The third kappa shape index (κ3) is 4.62. The summed E-state index contributed by atoms with van der Waals surface area (Å²) in [4.78, 5) is 0. The number of hydrogen-bond donors (Lipinski definition) is 0. The first-order valence-corrected chi connectivity index (χ1v) is 9.56. The lowest BCUT2D eigenvalue weighted by atomic mass is 9.95. The van der Waals surface area contributed by atoms with E-state index in [1.807, 2.05) is 12.1 Å². The number of alkyl halides is 1. The molecule has 0 atom stereocenters. The molecule has 3 heteroatoms. The van der Waals surface area contributed by atoms with E-state index in [-0.39, 0.29) is 0 Å². The highest BCUT2D eigenvalue weighted by Crippen LogP contribution is 2.40. The Morgan fingerprint density at radius 2 is 1.58 bits per heavy atom. The van der Waals surface area contributed by atoms with Crippen molar-refractivity contribution in [3.05, 3.63) is 58.7 Å². The quantitative estimate of drug-likeness (QED) is 0.383. The minimum atomic E-state index is 0.607. The Kier molecular flexibility index (Phi) is 7.59. The normalized spacial score (nSPS) is 12.5. The van der Waals surface area contributed by atoms with Gasteiger partial charge in [-0.2, -0.15) is 0 Å². The Bertz CT molecular complexity index is 819. The van der Waals surface area contributed by atoms with Gasteiger partial charge in [-0.15, -0.1) is 11.6 Å². The average molecular weight is 373 g/mol. The Labute approximate surface area is 162 Å². The van der Waals surface area contributed by atoms with Crippen LogP contribution in [0, 0.1) is 6.92 Å². The summed E-state index contributed by atoms with van der Waals surface area (Å²) in [6, 6.07) is 8.25. The first-order chi connectivity index (χ1) is 12.5. The molecular weight excluding hydrogens is 344 g/mol. The largest absolute Gasteiger partial charge is 0.496 e. The second kappa shape index (κ2) is 9.68. The van der Waals surface area contributed by atoms with Crippen LogP contribution < -0.4 is 9.47 Å². The molecule has 140 valence electrons. The maximum absolute atomic E-state index is 5.83. The summed E-state index contributed by atoms with van der Waals surface area (Å²) in [6.45, 7) is 6.37. The highest BCUT2D eigenvalue weighted by atomic mass is 35.5. The lowest BCUT2D eigenvalue weighted by Crippen LogP contribution is -2.00. The minimum Gasteiger partial charge on any atom is -0.496 e. The summed E-state index contributed by atoms with van der Waals surface area (Å²) in [5.74, 6) is 2.49. The molecule has 0 amide bonds. The fourth-order valence-corrected chi connectivity index (χ4v) is 3.38. The number of ether oxygens (including phenoxy) is 2. The van der Waals surface area contributed by atoms with Gasteiger partial charge in [-0.25, -0.2) is 0 Å². The van der Waals surface area contributed by atoms with Crippen LogP contribution in [-0.2, 0) is 6.42 Å². The summed E-state index contributed by atoms with van der Waals surface area (Å²) in [6.07, 6.45) is 7.41. The summed E-state index contributed by atoms with van der Waals surface area (Å²) < 4.78 is 11.5. The van der Waals surface area contributed by atoms with Crippen LogP contribution in [0.4, 0.5) is 0 Å². The van der Waals surface area contributed by atoms with E-state index in [9.17, 15) is 0 Å². The molecule has 0 N–H and O–H groups in total. The van der Waals surface area contributed by atoms with E-state index >= 15 is 0 Å². The Hall–Kier alpha value is -1.93. The van der Waals surface area contributed by atoms with Gasteiger partial charge >= 0.3 is 0 Å². The topological polar surface area (TPSA) is 18.5 Å². The van der Waals surface area contributed by atoms with Crippen molar-refractivity contribution >= 4 is 22.4 Å². The van der Waals surface area contributed by atoms with Crippen molar-refractivity contribution < 1.29 is 9.47 Å². The number of allylic oxidation sites excluding steroid dienone is 4. The van der Waals surface area contributed by atoms with Crippen molar-refractivity contribution in [3.8, 4) is 11.5 Å². The van der Waals surface area contributed by atoms with E-state index in [2.05, 4.69) is 45.1 Å². The van der Waals surface area contributed by atoms with Crippen LogP contribution in [0.1, 0.15) is 37.8 Å². The highest BCUT2D eigenvalue weighted by molar-refractivity contribution is 6.19. The van der Waals surface area contributed by atoms with Crippen molar-refractivity contribution in [2.45, 2.75) is 40.0 Å². The van der Waals surface area contributed by atoms with E-state index in [1.165, 1.54) is 16.7 Å². The number of halogens is 1. The van der Waals surface area contributed by atoms with Crippen LogP contribution in [0.2, 0.25) is 0 Å². The molecule has 0 saturated heterocycles. The Balaban J connectivity index is 2.34. The number of benzene rings is 2. The van der Waals surface area contributed by atoms with E-state index in [1.54, 1.807) is 14.2 Å². The SMILES string of the molecule is COc1c(C)c(CC=C(C)CCC=C(C)CCl)c(OC)c2ccccc12. The van der Waals surface area contributed by atoms with Crippen molar-refractivity contribution in [2.24, 2.45) is 0 Å². The Morgan fingerprint density at radius 1 is 0.962 bits per heavy atom. The van der Waals surface area contributed by atoms with Gasteiger partial charge in [0, 0.05) is 22.2 Å². The standard InChI is InChI=1S/C23H29ClO2/c1-16(9-8-10-17(2)15-24)13-14-19-18(3)22(25-4)20-11-6-7-12-21(20)23(19)26-5/h6-7,10-13H,8-9,14-15H2,1-5H3. The van der Waals surface area contributed by atoms with Gasteiger partial charge in [-0.1, -0.05) is 47.6 Å². The van der Waals surface area contributed by atoms with Gasteiger partial charge in [0.2, 0.25) is 0 Å². The number of rotatable bonds is 8. The van der Waals surface area contributed by atoms with Crippen molar-refractivity contribution in [2.75, 3.05) is 20.1 Å². The van der Waals surface area contributed by atoms with Gasteiger partial charge in [0.1, 0.15) is 11.5 Å². The second-order valence-corrected chi connectivity index (χ2v) is 6.96. The molecule has 2 rings (SSSR count). The first kappa shape index (κ1) is 20.4. The second-order valence-electron chi connectivity index (χ2n) is 6.69. The fraction of sp³-hybridized carbons (Fsp3) is 0.391. The minimum absolute atomic E-state index is 0.607. The molecule has 0 unspecified atom stereocenters. The maximum atomic E-state index is 5.83. The first-order valence-electron chi connectivity index (χ1n) is 9.02. The molecule has 0 aliphatic carbocycles. The van der Waals surface area contributed by atoms with Crippen LogP contribution >= 0.6 is 11.6 Å². The van der Waals surface area contributed by atoms with E-state index < -0.39 is 0 Å². The van der Waals surface area contributed by atoms with Gasteiger partial charge in [0.05, 0.1) is 14.2 Å². The van der Waals surface area contributed by atoms with Gasteiger partial charge < -0.3 is 9.47 Å². The van der Waals surface area contributed by atoms with Crippen LogP contribution in [-0.4, -0.2) is 20.1 Å². The molecule has 0 radical (unpaired) electrons. The number of methoxy groups -OCH3 is 2. The van der Waals surface area contributed by atoms with Crippen molar-refractivity contribution in [3.63, 3.8) is 0 Å². The third-order valence-corrected chi connectivity index (χ3v) is 5.21. The van der Waals surface area contributed by atoms with Gasteiger partial charge in [-0.3, -0.25) is 0 Å². The van der Waals surface area contributed by atoms with Crippen molar-refractivity contribution in [1.82, 2.24) is 0 Å². The van der Waals surface area contributed by atoms with Crippen LogP contribution in [0.5, 0.6) is 11.5 Å². The predicted octanol–water partition coefficient (Wildman–Crippen LogP) is 6.62. The van der Waals surface area contributed by atoms with Gasteiger partial charge in [0.15, 0.2) is 0 Å². The highest BCUT2D eigenvalue weighted by Gasteiger charge is 2.17. The zero-order chi connectivity index (χ0) is 19.1.